The fourth-order valence-corrected chi connectivity index (χ4v) is 15.6. The normalized spacial score (nSPS) is 15.6. The molecule has 0 unspecified atom stereocenters. The molecule has 0 radical (unpaired) electrons. The van der Waals surface area contributed by atoms with E-state index in [0.717, 1.165) is 6.42 Å². The second kappa shape index (κ2) is 16.3. The van der Waals surface area contributed by atoms with Crippen LogP contribution in [0.25, 0.3) is 31.2 Å². The second-order valence-electron chi connectivity index (χ2n) is 11.9. The maximum absolute atomic E-state index is 6.08. The van der Waals surface area contributed by atoms with Crippen LogP contribution in [0.2, 0.25) is 0 Å². The number of rotatable bonds is 10. The summed E-state index contributed by atoms with van der Waals surface area (Å²) in [5.41, 5.74) is 3.78. The predicted molar refractivity (Wildman–Crippen MR) is 219 cm³/mol. The summed E-state index contributed by atoms with van der Waals surface area (Å²) < 4.78 is 9.98. The Morgan fingerprint density at radius 1 is 0.680 bits per heavy atom. The van der Waals surface area contributed by atoms with Crippen LogP contribution in [0.15, 0.2) is 162 Å². The molecule has 0 saturated carbocycles. The van der Waals surface area contributed by atoms with Crippen LogP contribution in [-0.2, 0) is 22.7 Å². The van der Waals surface area contributed by atoms with Gasteiger partial charge in [0.1, 0.15) is 0 Å². The van der Waals surface area contributed by atoms with E-state index in [1.54, 1.807) is 0 Å². The summed E-state index contributed by atoms with van der Waals surface area (Å²) in [4.78, 5) is 7.74. The molecular weight excluding hydrogens is 862 g/mol. The van der Waals surface area contributed by atoms with E-state index in [-0.39, 0.29) is 0 Å². The van der Waals surface area contributed by atoms with Gasteiger partial charge in [-0.05, 0) is 13.0 Å². The zero-order chi connectivity index (χ0) is 34.3. The van der Waals surface area contributed by atoms with Crippen LogP contribution in [0.4, 0.5) is 0 Å². The summed E-state index contributed by atoms with van der Waals surface area (Å²) in [6.07, 6.45) is 10.0. The molecule has 0 aliphatic carbocycles. The number of benzene rings is 3. The van der Waals surface area contributed by atoms with Crippen molar-refractivity contribution in [3.63, 3.8) is 0 Å². The Kier molecular flexibility index (Phi) is 11.4. The van der Waals surface area contributed by atoms with Crippen LogP contribution in [0.5, 0.6) is 0 Å². The molecule has 249 valence electrons. The minimum absolute atomic E-state index is 0.616. The molecule has 50 heavy (non-hydrogen) atoms. The number of allylic oxidation sites excluding steroid dienone is 5. The van der Waals surface area contributed by atoms with Crippen LogP contribution in [0, 0.1) is 4.37 Å². The van der Waals surface area contributed by atoms with E-state index in [1.165, 1.54) is 67.2 Å². The Bertz CT molecular complexity index is 2150. The molecule has 3 aromatic carbocycles. The molecule has 0 N–H and O–H groups in total. The molecule has 6 heteroatoms. The predicted octanol–water partition coefficient (Wildman–Crippen LogP) is 11.7. The van der Waals surface area contributed by atoms with Gasteiger partial charge in [0.15, 0.2) is 0 Å². The van der Waals surface area contributed by atoms with Gasteiger partial charge >= 0.3 is 302 Å². The second-order valence-corrected chi connectivity index (χ2v) is 19.1. The molecule has 1 nitrogen and oxygen atoms in total. The third kappa shape index (κ3) is 7.03. The van der Waals surface area contributed by atoms with Gasteiger partial charge in [0.2, 0.25) is 0 Å². The molecular formula is C44H37OOsPS3+. The summed E-state index contributed by atoms with van der Waals surface area (Å²) in [6, 6.07) is 47.0. The van der Waals surface area contributed by atoms with Gasteiger partial charge in [-0.1, -0.05) is 6.08 Å². The number of hydrogen-bond acceptors (Lipinski definition) is 4. The van der Waals surface area contributed by atoms with Crippen LogP contribution in [0.1, 0.15) is 30.0 Å². The number of hydrogen-bond donors (Lipinski definition) is 0. The van der Waals surface area contributed by atoms with Crippen molar-refractivity contribution in [1.29, 1.82) is 0 Å². The molecule has 0 bridgehead atoms. The topological polar surface area (TPSA) is 9.23 Å². The van der Waals surface area contributed by atoms with Crippen molar-refractivity contribution in [2.75, 3.05) is 13.2 Å². The molecule has 3 aromatic heterocycles. The fraction of sp³-hybridized carbons (Fsp3) is 0.114. The van der Waals surface area contributed by atoms with Crippen molar-refractivity contribution in [1.82, 2.24) is 0 Å². The zero-order valence-corrected chi connectivity index (χ0v) is 33.9. The van der Waals surface area contributed by atoms with Crippen LogP contribution >= 0.6 is 41.3 Å². The van der Waals surface area contributed by atoms with Crippen molar-refractivity contribution < 1.29 is 22.7 Å². The van der Waals surface area contributed by atoms with E-state index in [9.17, 15) is 0 Å². The zero-order valence-electron chi connectivity index (χ0n) is 28.0. The molecule has 1 aliphatic rings. The van der Waals surface area contributed by atoms with Crippen LogP contribution in [0.3, 0.4) is 0 Å². The Morgan fingerprint density at radius 3 is 1.76 bits per heavy atom. The first kappa shape index (κ1) is 35.0. The molecule has 7 rings (SSSR count). The van der Waals surface area contributed by atoms with E-state index in [4.69, 9.17) is 4.74 Å². The first-order valence-electron chi connectivity index (χ1n) is 16.7. The number of ether oxygens (including phenoxy) is 1. The van der Waals surface area contributed by atoms with Gasteiger partial charge in [-0.2, -0.15) is 0 Å². The molecule has 0 amide bonds. The van der Waals surface area contributed by atoms with Crippen molar-refractivity contribution >= 4 is 68.8 Å². The van der Waals surface area contributed by atoms with Gasteiger partial charge in [0.05, 0.1) is 0 Å². The monoisotopic (exact) mass is 900 g/mol. The van der Waals surface area contributed by atoms with E-state index in [0.29, 0.717) is 13.2 Å². The van der Waals surface area contributed by atoms with Crippen molar-refractivity contribution in [3.8, 4) is 23.9 Å². The van der Waals surface area contributed by atoms with Gasteiger partial charge in [0, 0.05) is 0 Å². The fourth-order valence-electron chi connectivity index (χ4n) is 6.49. The Hall–Kier alpha value is -3.47. The summed E-state index contributed by atoms with van der Waals surface area (Å²) >= 11 is 7.44. The van der Waals surface area contributed by atoms with Crippen LogP contribution in [-0.4, -0.2) is 13.2 Å². The molecule has 1 fully saturated rings. The van der Waals surface area contributed by atoms with Crippen molar-refractivity contribution in [2.24, 2.45) is 0 Å². The summed E-state index contributed by atoms with van der Waals surface area (Å²) in [5.74, 6) is 0. The van der Waals surface area contributed by atoms with Gasteiger partial charge < -0.3 is 0 Å². The average Bonchev–Trinajstić information content (AvgIpc) is 4.00. The van der Waals surface area contributed by atoms with Gasteiger partial charge in [-0.25, -0.2) is 0 Å². The maximum atomic E-state index is 6.08. The molecule has 1 aliphatic heterocycles. The van der Waals surface area contributed by atoms with Gasteiger partial charge in [-0.3, -0.25) is 0 Å². The number of thiophene rings is 3. The first-order chi connectivity index (χ1) is 24.6. The van der Waals surface area contributed by atoms with E-state index < -0.39 is 7.26 Å². The van der Waals surface area contributed by atoms with Crippen LogP contribution < -0.4 is 15.9 Å². The SMILES string of the molecule is C/C=C/c1ccc(-c2ccc(-c3ccc(C(C=C4COCC4=CCC)=C([C]#[Os])[P+](c4ccccc4)(c4ccccc4)c4ccccc4)s3)s2)s1. The molecule has 0 spiro atoms. The summed E-state index contributed by atoms with van der Waals surface area (Å²) in [5, 5.41) is 5.22. The molecule has 1 saturated heterocycles. The quantitative estimate of drug-likeness (QED) is 0.125. The Labute approximate surface area is 318 Å². The van der Waals surface area contributed by atoms with E-state index >= 15 is 0 Å². The van der Waals surface area contributed by atoms with E-state index in [2.05, 4.69) is 170 Å². The Morgan fingerprint density at radius 2 is 1.20 bits per heavy atom. The molecule has 0 atom stereocenters. The molecule has 4 heterocycles. The molecule has 6 aromatic rings. The van der Waals surface area contributed by atoms with Gasteiger partial charge in [-0.15, -0.1) is 0 Å². The van der Waals surface area contributed by atoms with Crippen molar-refractivity contribution in [2.45, 2.75) is 20.3 Å². The van der Waals surface area contributed by atoms with Gasteiger partial charge in [0.25, 0.3) is 0 Å². The van der Waals surface area contributed by atoms with E-state index in [1.807, 2.05) is 52.0 Å². The van der Waals surface area contributed by atoms with Crippen molar-refractivity contribution in [3.05, 3.63) is 172 Å². The average molecular weight is 899 g/mol. The summed E-state index contributed by atoms with van der Waals surface area (Å²) in [6.45, 7) is 5.55. The standard InChI is InChI=1S/C44H37OPS3.Os/c1-4-15-33-30-45-31-34(33)29-39(40-25-26-43(48-40)44-28-27-42(49-44)41-24-23-38(47-41)16-5-2)32(3)46(35-17-9-6-10-18-35,36-19-11-7-12-20-36)37-21-13-8-14-22-37;/h5-29H,4,30-31H2,1-2H3;/q+1;/b16-5+,33-15?,34-29?,39-32?;. The third-order valence-electron chi connectivity index (χ3n) is 8.72. The minimum atomic E-state index is -2.40. The Balaban J connectivity index is 1.48. The summed E-state index contributed by atoms with van der Waals surface area (Å²) in [7, 11) is -2.40. The third-order valence-corrected chi connectivity index (χ3v) is 17.7. The first-order valence-corrected chi connectivity index (χ1v) is 22.2.